The number of nitrogens with two attached hydrogens (primary N) is 2. The third-order valence-corrected chi connectivity index (χ3v) is 16.7. The Kier molecular flexibility index (Phi) is 20.9. The van der Waals surface area contributed by atoms with E-state index in [9.17, 15) is 29.2 Å². The quantitative estimate of drug-likeness (QED) is 0.0270. The van der Waals surface area contributed by atoms with Gasteiger partial charge in [0.05, 0.1) is 39.3 Å². The predicted molar refractivity (Wildman–Crippen MR) is 303 cm³/mol. The van der Waals surface area contributed by atoms with E-state index in [1.54, 1.807) is 17.4 Å². The SMILES string of the molecule is Cc1ncsc1-c1ccc([C@H](C)NC(=O)[C@@H]2CC(OC(=O)[C@@H](N)CCCCN)CN2C(=O)[C@@H](NC(=O)COCCCCCNc2ccc(C(=O)NC3C(C)(C)C(Cc4ccc(C#N)c(Cl)c4)C3(C)C)cc2)C(C)(C)C)cc1. The monoisotopic (exact) mass is 1090 g/mol. The van der Waals surface area contributed by atoms with Crippen molar-refractivity contribution in [3.8, 4) is 16.5 Å². The first-order valence-corrected chi connectivity index (χ1v) is 28.2. The van der Waals surface area contributed by atoms with Gasteiger partial charge >= 0.3 is 5.97 Å². The van der Waals surface area contributed by atoms with Crippen LogP contribution in [0.4, 0.5) is 5.69 Å². The van der Waals surface area contributed by atoms with E-state index in [-0.39, 0.29) is 48.3 Å². The van der Waals surface area contributed by atoms with Crippen molar-refractivity contribution < 1.29 is 33.4 Å². The van der Waals surface area contributed by atoms with Crippen molar-refractivity contribution in [2.45, 2.75) is 150 Å². The Morgan fingerprint density at radius 2 is 1.65 bits per heavy atom. The Labute approximate surface area is 464 Å². The second-order valence-electron chi connectivity index (χ2n) is 23.0. The van der Waals surface area contributed by atoms with E-state index >= 15 is 0 Å². The maximum absolute atomic E-state index is 14.6. The summed E-state index contributed by atoms with van der Waals surface area (Å²) in [6.45, 7) is 19.3. The largest absolute Gasteiger partial charge is 0.459 e. The summed E-state index contributed by atoms with van der Waals surface area (Å²) in [7, 11) is 0. The molecule has 4 amide bonds. The zero-order valence-electron chi connectivity index (χ0n) is 46.3. The number of aryl methyl sites for hydroxylation is 1. The van der Waals surface area contributed by atoms with Crippen molar-refractivity contribution in [1.82, 2.24) is 25.8 Å². The van der Waals surface area contributed by atoms with E-state index < -0.39 is 59.4 Å². The number of aromatic nitrogens is 1. The van der Waals surface area contributed by atoms with Crippen molar-refractivity contribution in [1.29, 1.82) is 5.26 Å². The Bertz CT molecular complexity index is 2700. The standard InChI is InChI=1S/C59H80ClN9O7S/c1-36(39-18-20-40(21-19-39)50-37(2)65-35-77-50)66-53(72)47-31-44(76-55(74)46(63)15-11-12-26-61)33-69(47)54(73)51(57(3,4)5)67-49(70)34-75-28-14-10-13-27-64-43-24-22-41(23-25-43)52(71)68-56-58(6,7)48(59(56,8)9)30-38-16-17-42(32-62)45(60)29-38/h16-25,29,35-36,44,46-48,51,56,64H,10-15,26-28,30-31,33-34,61,63H2,1-9H3,(H,66,72)(H,67,70)(H,68,71)/t36-,44?,46-,47-,48?,51+,56?/m0/s1. The number of nitrogens with one attached hydrogen (secondary N) is 4. The number of nitrogens with zero attached hydrogens (tertiary/aromatic N) is 3. The van der Waals surface area contributed by atoms with Gasteiger partial charge in [0, 0.05) is 36.9 Å². The Morgan fingerprint density at radius 1 is 0.948 bits per heavy atom. The van der Waals surface area contributed by atoms with Crippen LogP contribution >= 0.6 is 22.9 Å². The number of esters is 1. The molecule has 6 rings (SSSR count). The molecule has 1 saturated carbocycles. The highest BCUT2D eigenvalue weighted by Gasteiger charge is 2.61. The topological polar surface area (TPSA) is 244 Å². The Morgan fingerprint density at radius 3 is 2.27 bits per heavy atom. The number of amides is 4. The van der Waals surface area contributed by atoms with Gasteiger partial charge in [-0.25, -0.2) is 4.98 Å². The van der Waals surface area contributed by atoms with Crippen molar-refractivity contribution >= 4 is 58.2 Å². The highest BCUT2D eigenvalue weighted by Crippen LogP contribution is 2.60. The van der Waals surface area contributed by atoms with Crippen LogP contribution in [0.2, 0.25) is 5.02 Å². The normalized spacial score (nSPS) is 19.7. The molecular weight excluding hydrogens is 1010 g/mol. The molecule has 2 fully saturated rings. The number of benzene rings is 3. The number of likely N-dealkylation sites (tertiary alicyclic amines) is 1. The van der Waals surface area contributed by atoms with Gasteiger partial charge in [0.25, 0.3) is 5.91 Å². The second-order valence-corrected chi connectivity index (χ2v) is 24.3. The summed E-state index contributed by atoms with van der Waals surface area (Å²) in [4.78, 5) is 75.6. The van der Waals surface area contributed by atoms with Crippen molar-refractivity contribution in [3.63, 3.8) is 0 Å². The highest BCUT2D eigenvalue weighted by molar-refractivity contribution is 7.13. The van der Waals surface area contributed by atoms with Gasteiger partial charge in [0.15, 0.2) is 0 Å². The molecule has 0 spiro atoms. The fraction of sp³-hybridized carbons (Fsp3) is 0.542. The van der Waals surface area contributed by atoms with Crippen LogP contribution in [-0.4, -0.2) is 103 Å². The average Bonchev–Trinajstić information content (AvgIpc) is 4.03. The first-order valence-electron chi connectivity index (χ1n) is 26.9. The zero-order chi connectivity index (χ0) is 56.2. The first-order chi connectivity index (χ1) is 36.5. The van der Waals surface area contributed by atoms with Gasteiger partial charge in [-0.05, 0) is 134 Å². The molecule has 416 valence electrons. The van der Waals surface area contributed by atoms with E-state index in [0.29, 0.717) is 61.5 Å². The van der Waals surface area contributed by atoms with Gasteiger partial charge < -0.3 is 47.1 Å². The van der Waals surface area contributed by atoms with Crippen molar-refractivity contribution in [2.75, 3.05) is 38.2 Å². The number of hydrogen-bond donors (Lipinski definition) is 6. The summed E-state index contributed by atoms with van der Waals surface area (Å²) in [5, 5.41) is 22.4. The van der Waals surface area contributed by atoms with Gasteiger partial charge in [-0.3, -0.25) is 24.0 Å². The molecule has 18 heteroatoms. The molecule has 2 heterocycles. The Hall–Kier alpha value is -5.90. The lowest BCUT2D eigenvalue weighted by Gasteiger charge is -2.64. The van der Waals surface area contributed by atoms with Gasteiger partial charge in [0.1, 0.15) is 36.9 Å². The molecule has 16 nitrogen and oxygen atoms in total. The number of thiazole rings is 1. The molecule has 3 aromatic carbocycles. The third kappa shape index (κ3) is 15.4. The van der Waals surface area contributed by atoms with E-state index in [1.165, 1.54) is 4.90 Å². The van der Waals surface area contributed by atoms with E-state index in [2.05, 4.69) is 60.0 Å². The minimum atomic E-state index is -1.03. The lowest BCUT2D eigenvalue weighted by Crippen LogP contribution is -2.70. The van der Waals surface area contributed by atoms with Crippen LogP contribution < -0.4 is 32.7 Å². The summed E-state index contributed by atoms with van der Waals surface area (Å²) in [5.74, 6) is -1.79. The van der Waals surface area contributed by atoms with Gasteiger partial charge in [-0.15, -0.1) is 11.3 Å². The maximum Gasteiger partial charge on any atom is 0.323 e. The van der Waals surface area contributed by atoms with Crippen molar-refractivity contribution in [3.05, 3.63) is 105 Å². The van der Waals surface area contributed by atoms with Crippen LogP contribution in [0.25, 0.3) is 10.4 Å². The van der Waals surface area contributed by atoms with Crippen molar-refractivity contribution in [2.24, 2.45) is 33.6 Å². The first kappa shape index (κ1) is 60.3. The van der Waals surface area contributed by atoms with Crippen LogP contribution in [0.15, 0.2) is 72.2 Å². The molecule has 1 aromatic heterocycles. The van der Waals surface area contributed by atoms with Gasteiger partial charge in [-0.2, -0.15) is 5.26 Å². The summed E-state index contributed by atoms with van der Waals surface area (Å²) < 4.78 is 11.6. The molecular formula is C59H80ClN9O7S. The molecule has 1 aliphatic heterocycles. The van der Waals surface area contributed by atoms with Crippen LogP contribution in [0.3, 0.4) is 0 Å². The summed E-state index contributed by atoms with van der Waals surface area (Å²) in [6, 6.07) is 19.7. The number of nitriles is 1. The van der Waals surface area contributed by atoms with E-state index in [0.717, 1.165) is 52.2 Å². The predicted octanol–water partition coefficient (Wildman–Crippen LogP) is 8.64. The molecule has 0 radical (unpaired) electrons. The third-order valence-electron chi connectivity index (χ3n) is 15.4. The molecule has 0 bridgehead atoms. The number of hydrogen-bond acceptors (Lipinski definition) is 13. The zero-order valence-corrected chi connectivity index (χ0v) is 47.9. The number of halogens is 1. The van der Waals surface area contributed by atoms with Crippen LogP contribution in [0.1, 0.15) is 139 Å². The van der Waals surface area contributed by atoms with E-state index in [1.807, 2.05) is 101 Å². The highest BCUT2D eigenvalue weighted by atomic mass is 35.5. The molecule has 8 N–H and O–H groups in total. The molecule has 1 saturated heterocycles. The number of carbonyl (C=O) groups is 5. The number of carbonyl (C=O) groups excluding carboxylic acids is 5. The molecule has 4 aromatic rings. The number of ether oxygens (including phenoxy) is 2. The number of unbranched alkanes of at least 4 members (excludes halogenated alkanes) is 3. The molecule has 2 aliphatic rings. The number of rotatable bonds is 25. The van der Waals surface area contributed by atoms with Gasteiger partial charge in [-0.1, -0.05) is 96.8 Å². The average molecular weight is 1090 g/mol. The lowest BCUT2D eigenvalue weighted by atomic mass is 9.43. The fourth-order valence-electron chi connectivity index (χ4n) is 11.2. The van der Waals surface area contributed by atoms with Gasteiger partial charge in [0.2, 0.25) is 17.7 Å². The summed E-state index contributed by atoms with van der Waals surface area (Å²) in [5.41, 5.74) is 18.4. The second kappa shape index (κ2) is 26.6. The smallest absolute Gasteiger partial charge is 0.323 e. The minimum Gasteiger partial charge on any atom is -0.459 e. The molecule has 5 atom stereocenters. The summed E-state index contributed by atoms with van der Waals surface area (Å²) in [6.07, 6.45) is 4.22. The van der Waals surface area contributed by atoms with Crippen LogP contribution in [-0.2, 0) is 35.1 Å². The number of anilines is 1. The lowest BCUT2D eigenvalue weighted by molar-refractivity contribution is -0.151. The summed E-state index contributed by atoms with van der Waals surface area (Å²) >= 11 is 7.90. The van der Waals surface area contributed by atoms with E-state index in [4.69, 9.17) is 32.5 Å². The molecule has 1 unspecified atom stereocenters. The fourth-order valence-corrected chi connectivity index (χ4v) is 12.2. The molecule has 1 aliphatic carbocycles. The maximum atomic E-state index is 14.6. The molecule has 77 heavy (non-hydrogen) atoms. The van der Waals surface area contributed by atoms with Crippen LogP contribution in [0, 0.1) is 40.4 Å². The Balaban J connectivity index is 0.949. The van der Waals surface area contributed by atoms with Crippen LogP contribution in [0.5, 0.6) is 0 Å². The minimum absolute atomic E-state index is 0.0429.